The number of benzene rings is 2. The molecule has 5 nitrogen and oxygen atoms in total. The van der Waals surface area contributed by atoms with Crippen LogP contribution in [0.3, 0.4) is 0 Å². The first kappa shape index (κ1) is 13.9. The van der Waals surface area contributed by atoms with Crippen LogP contribution in [0.1, 0.15) is 0 Å². The van der Waals surface area contributed by atoms with Gasteiger partial charge in [-0.05, 0) is 24.3 Å². The van der Waals surface area contributed by atoms with Gasteiger partial charge in [0.2, 0.25) is 9.84 Å². The number of ether oxygens (including phenoxy) is 2. The van der Waals surface area contributed by atoms with Gasteiger partial charge in [0.1, 0.15) is 6.61 Å². The molecule has 0 amide bonds. The summed E-state index contributed by atoms with van der Waals surface area (Å²) in [7, 11) is -3.59. The molecule has 1 aliphatic heterocycles. The maximum absolute atomic E-state index is 12.5. The van der Waals surface area contributed by atoms with E-state index in [4.69, 9.17) is 14.6 Å². The number of aliphatic hydroxyl groups excluding tert-OH is 1. The minimum absolute atomic E-state index is 0.134. The number of hydrogen-bond acceptors (Lipinski definition) is 5. The van der Waals surface area contributed by atoms with Crippen LogP contribution in [0.25, 0.3) is 0 Å². The standard InChI is InChI=1S/C15H14O5S/c16-9-11-10-19-14-7-6-13(8-15(14)20-11)21(17,18)12-4-2-1-3-5-12/h1-8,11,16H,9-10H2/t11-/m1/s1. The highest BCUT2D eigenvalue weighted by Gasteiger charge is 2.24. The lowest BCUT2D eigenvalue weighted by molar-refractivity contribution is 0.0453. The summed E-state index contributed by atoms with van der Waals surface area (Å²) in [5, 5.41) is 9.10. The highest BCUT2D eigenvalue weighted by atomic mass is 32.2. The van der Waals surface area contributed by atoms with Crippen molar-refractivity contribution in [3.8, 4) is 11.5 Å². The van der Waals surface area contributed by atoms with Gasteiger partial charge in [-0.2, -0.15) is 0 Å². The summed E-state index contributed by atoms with van der Waals surface area (Å²) in [6.45, 7) is 0.0589. The molecule has 2 aromatic rings. The van der Waals surface area contributed by atoms with Crippen molar-refractivity contribution < 1.29 is 23.0 Å². The fourth-order valence-corrected chi connectivity index (χ4v) is 3.39. The third-order valence-electron chi connectivity index (χ3n) is 3.20. The SMILES string of the molecule is O=S(=O)(c1ccccc1)c1ccc2c(c1)O[C@H](CO)CO2. The number of sulfone groups is 1. The van der Waals surface area contributed by atoms with E-state index in [1.165, 1.54) is 12.1 Å². The summed E-state index contributed by atoms with van der Waals surface area (Å²) in [6.07, 6.45) is -0.479. The molecule has 0 radical (unpaired) electrons. The largest absolute Gasteiger partial charge is 0.486 e. The molecule has 1 N–H and O–H groups in total. The predicted octanol–water partition coefficient (Wildman–Crippen LogP) is 1.65. The monoisotopic (exact) mass is 306 g/mol. The second-order valence-electron chi connectivity index (χ2n) is 4.66. The first-order valence-corrected chi connectivity index (χ1v) is 7.94. The molecule has 0 spiro atoms. The van der Waals surface area contributed by atoms with Gasteiger partial charge in [-0.15, -0.1) is 0 Å². The third-order valence-corrected chi connectivity index (χ3v) is 4.97. The molecule has 21 heavy (non-hydrogen) atoms. The van der Waals surface area contributed by atoms with E-state index in [0.29, 0.717) is 11.5 Å². The molecule has 0 saturated heterocycles. The maximum atomic E-state index is 12.5. The molecule has 0 bridgehead atoms. The van der Waals surface area contributed by atoms with E-state index in [2.05, 4.69) is 0 Å². The average molecular weight is 306 g/mol. The van der Waals surface area contributed by atoms with Crippen LogP contribution in [0.15, 0.2) is 58.3 Å². The van der Waals surface area contributed by atoms with Crippen molar-refractivity contribution in [1.29, 1.82) is 0 Å². The minimum Gasteiger partial charge on any atom is -0.486 e. The van der Waals surface area contributed by atoms with Gasteiger partial charge in [-0.1, -0.05) is 18.2 Å². The molecule has 3 rings (SSSR count). The van der Waals surface area contributed by atoms with E-state index in [1.807, 2.05) is 0 Å². The summed E-state index contributed by atoms with van der Waals surface area (Å²) in [6, 6.07) is 12.7. The van der Waals surface area contributed by atoms with Gasteiger partial charge in [-0.3, -0.25) is 0 Å². The van der Waals surface area contributed by atoms with Gasteiger partial charge in [0.05, 0.1) is 16.4 Å². The Morgan fingerprint density at radius 2 is 1.81 bits per heavy atom. The van der Waals surface area contributed by atoms with Gasteiger partial charge in [-0.25, -0.2) is 8.42 Å². The molecule has 2 aromatic carbocycles. The number of fused-ring (bicyclic) bond motifs is 1. The van der Waals surface area contributed by atoms with Gasteiger partial charge < -0.3 is 14.6 Å². The summed E-state index contributed by atoms with van der Waals surface area (Å²) in [4.78, 5) is 0.357. The molecule has 0 aromatic heterocycles. The predicted molar refractivity (Wildman–Crippen MR) is 75.3 cm³/mol. The van der Waals surface area contributed by atoms with Crippen LogP contribution in [0, 0.1) is 0 Å². The molecule has 0 saturated carbocycles. The lowest BCUT2D eigenvalue weighted by Gasteiger charge is -2.25. The van der Waals surface area contributed by atoms with Crippen LogP contribution < -0.4 is 9.47 Å². The number of hydrogen-bond donors (Lipinski definition) is 1. The first-order chi connectivity index (χ1) is 10.1. The fourth-order valence-electron chi connectivity index (χ4n) is 2.09. The Balaban J connectivity index is 2.01. The second kappa shape index (κ2) is 5.38. The molecule has 1 atom stereocenters. The van der Waals surface area contributed by atoms with E-state index in [9.17, 15) is 8.42 Å². The maximum Gasteiger partial charge on any atom is 0.206 e. The van der Waals surface area contributed by atoms with E-state index in [0.717, 1.165) is 0 Å². The molecule has 0 unspecified atom stereocenters. The van der Waals surface area contributed by atoms with Crippen molar-refractivity contribution >= 4 is 9.84 Å². The van der Waals surface area contributed by atoms with Crippen molar-refractivity contribution in [1.82, 2.24) is 0 Å². The van der Waals surface area contributed by atoms with Crippen LogP contribution in [0.2, 0.25) is 0 Å². The van der Waals surface area contributed by atoms with Crippen molar-refractivity contribution in [2.75, 3.05) is 13.2 Å². The van der Waals surface area contributed by atoms with Gasteiger partial charge in [0.25, 0.3) is 0 Å². The molecule has 110 valence electrons. The van der Waals surface area contributed by atoms with E-state index >= 15 is 0 Å². The van der Waals surface area contributed by atoms with Crippen LogP contribution in [0.5, 0.6) is 11.5 Å². The van der Waals surface area contributed by atoms with E-state index in [1.54, 1.807) is 36.4 Å². The molecular formula is C15H14O5S. The lowest BCUT2D eigenvalue weighted by Crippen LogP contribution is -2.32. The zero-order chi connectivity index (χ0) is 14.9. The smallest absolute Gasteiger partial charge is 0.206 e. The fraction of sp³-hybridized carbons (Fsp3) is 0.200. The van der Waals surface area contributed by atoms with Crippen molar-refractivity contribution in [2.45, 2.75) is 15.9 Å². The summed E-state index contributed by atoms with van der Waals surface area (Å²) in [5.74, 6) is 0.809. The summed E-state index contributed by atoms with van der Waals surface area (Å²) >= 11 is 0. The molecule has 1 heterocycles. The topological polar surface area (TPSA) is 72.8 Å². The van der Waals surface area contributed by atoms with E-state index < -0.39 is 15.9 Å². The van der Waals surface area contributed by atoms with Gasteiger partial charge in [0, 0.05) is 6.07 Å². The first-order valence-electron chi connectivity index (χ1n) is 6.46. The minimum atomic E-state index is -3.59. The van der Waals surface area contributed by atoms with Crippen molar-refractivity contribution in [3.63, 3.8) is 0 Å². The molecule has 0 aliphatic carbocycles. The normalized spacial score (nSPS) is 17.5. The number of aliphatic hydroxyl groups is 1. The van der Waals surface area contributed by atoms with Crippen molar-refractivity contribution in [3.05, 3.63) is 48.5 Å². The van der Waals surface area contributed by atoms with Crippen LogP contribution in [-0.4, -0.2) is 32.8 Å². The molecule has 0 fully saturated rings. The van der Waals surface area contributed by atoms with Crippen LogP contribution in [-0.2, 0) is 9.84 Å². The molecule has 1 aliphatic rings. The highest BCUT2D eigenvalue weighted by molar-refractivity contribution is 7.91. The second-order valence-corrected chi connectivity index (χ2v) is 6.61. The average Bonchev–Trinajstić information content (AvgIpc) is 2.54. The zero-order valence-corrected chi connectivity index (χ0v) is 11.9. The molecular weight excluding hydrogens is 292 g/mol. The zero-order valence-electron chi connectivity index (χ0n) is 11.1. The van der Waals surface area contributed by atoms with Crippen LogP contribution in [0.4, 0.5) is 0 Å². The van der Waals surface area contributed by atoms with Crippen molar-refractivity contribution in [2.24, 2.45) is 0 Å². The Morgan fingerprint density at radius 1 is 1.05 bits per heavy atom. The summed E-state index contributed by atoms with van der Waals surface area (Å²) < 4.78 is 36.0. The Hall–Kier alpha value is -2.05. The van der Waals surface area contributed by atoms with E-state index in [-0.39, 0.29) is 23.0 Å². The van der Waals surface area contributed by atoms with Gasteiger partial charge >= 0.3 is 0 Å². The van der Waals surface area contributed by atoms with Gasteiger partial charge in [0.15, 0.2) is 17.6 Å². The van der Waals surface area contributed by atoms with Crippen LogP contribution >= 0.6 is 0 Å². The Bertz CT molecular complexity index is 740. The number of rotatable bonds is 3. The molecule has 6 heteroatoms. The summed E-state index contributed by atoms with van der Waals surface area (Å²) in [5.41, 5.74) is 0. The quantitative estimate of drug-likeness (QED) is 0.933. The lowest BCUT2D eigenvalue weighted by atomic mass is 10.2. The highest BCUT2D eigenvalue weighted by Crippen LogP contribution is 2.35. The third kappa shape index (κ3) is 2.59. The Morgan fingerprint density at radius 3 is 2.52 bits per heavy atom. The Labute approximate surface area is 122 Å². The Kier molecular flexibility index (Phi) is 3.57.